The van der Waals surface area contributed by atoms with E-state index in [1.165, 1.54) is 5.56 Å². The van der Waals surface area contributed by atoms with Gasteiger partial charge in [-0.2, -0.15) is 0 Å². The Morgan fingerprint density at radius 2 is 2.25 bits per heavy atom. The van der Waals surface area contributed by atoms with E-state index in [4.69, 9.17) is 4.74 Å². The Hall–Kier alpha value is -1.81. The maximum atomic E-state index is 5.82. The van der Waals surface area contributed by atoms with E-state index in [9.17, 15) is 0 Å². The summed E-state index contributed by atoms with van der Waals surface area (Å²) < 4.78 is 7.99. The van der Waals surface area contributed by atoms with Crippen molar-refractivity contribution in [3.63, 3.8) is 0 Å². The van der Waals surface area contributed by atoms with E-state index in [2.05, 4.69) is 33.9 Å². The molecule has 0 aliphatic heterocycles. The zero-order valence-electron chi connectivity index (χ0n) is 12.3. The third-order valence-corrected chi connectivity index (χ3v) is 3.16. The number of nitrogens with one attached hydrogen (secondary N) is 1. The first-order chi connectivity index (χ1) is 9.83. The van der Waals surface area contributed by atoms with Crippen LogP contribution in [-0.4, -0.2) is 23.2 Å². The monoisotopic (exact) mass is 273 g/mol. The Labute approximate surface area is 120 Å². The minimum Gasteiger partial charge on any atom is -0.492 e. The van der Waals surface area contributed by atoms with Crippen LogP contribution in [0.15, 0.2) is 36.7 Å². The fourth-order valence-electron chi connectivity index (χ4n) is 2.21. The average Bonchev–Trinajstić information content (AvgIpc) is 2.88. The van der Waals surface area contributed by atoms with Gasteiger partial charge in [-0.3, -0.25) is 0 Å². The number of imidazole rings is 1. The molecular weight excluding hydrogens is 250 g/mol. The molecule has 1 aromatic heterocycles. The average molecular weight is 273 g/mol. The summed E-state index contributed by atoms with van der Waals surface area (Å²) >= 11 is 0. The molecule has 0 atom stereocenters. The van der Waals surface area contributed by atoms with Gasteiger partial charge in [0.15, 0.2) is 0 Å². The number of hydrogen-bond acceptors (Lipinski definition) is 3. The highest BCUT2D eigenvalue weighted by Gasteiger charge is 2.02. The Morgan fingerprint density at radius 3 is 3.05 bits per heavy atom. The van der Waals surface area contributed by atoms with E-state index in [1.807, 2.05) is 31.6 Å². The van der Waals surface area contributed by atoms with Crippen molar-refractivity contribution >= 4 is 0 Å². The van der Waals surface area contributed by atoms with Gasteiger partial charge in [-0.05, 0) is 31.2 Å². The van der Waals surface area contributed by atoms with Crippen molar-refractivity contribution in [2.75, 3.05) is 13.7 Å². The van der Waals surface area contributed by atoms with E-state index >= 15 is 0 Å². The second kappa shape index (κ2) is 7.70. The molecule has 1 aromatic carbocycles. The van der Waals surface area contributed by atoms with Gasteiger partial charge in [0.05, 0.1) is 6.54 Å². The third kappa shape index (κ3) is 4.10. The smallest absolute Gasteiger partial charge is 0.119 e. The Morgan fingerprint density at radius 1 is 1.35 bits per heavy atom. The highest BCUT2D eigenvalue weighted by molar-refractivity contribution is 5.28. The molecule has 108 valence electrons. The number of rotatable bonds is 8. The van der Waals surface area contributed by atoms with Gasteiger partial charge in [-0.15, -0.1) is 0 Å². The lowest BCUT2D eigenvalue weighted by Gasteiger charge is -2.10. The maximum absolute atomic E-state index is 5.82. The molecule has 20 heavy (non-hydrogen) atoms. The lowest BCUT2D eigenvalue weighted by atomic mass is 10.2. The van der Waals surface area contributed by atoms with E-state index in [0.717, 1.165) is 37.5 Å². The van der Waals surface area contributed by atoms with Crippen LogP contribution in [0.4, 0.5) is 0 Å². The molecule has 2 rings (SSSR count). The first-order valence-electron chi connectivity index (χ1n) is 7.20. The highest BCUT2D eigenvalue weighted by atomic mass is 16.5. The fraction of sp³-hybridized carbons (Fsp3) is 0.438. The van der Waals surface area contributed by atoms with Crippen LogP contribution in [0.1, 0.15) is 24.7 Å². The molecule has 0 unspecified atom stereocenters. The van der Waals surface area contributed by atoms with Crippen LogP contribution >= 0.6 is 0 Å². The Kier molecular flexibility index (Phi) is 5.62. The number of aryl methyl sites for hydroxylation is 1. The summed E-state index contributed by atoms with van der Waals surface area (Å²) in [6, 6.07) is 8.21. The van der Waals surface area contributed by atoms with Gasteiger partial charge in [-0.1, -0.05) is 19.1 Å². The van der Waals surface area contributed by atoms with Crippen molar-refractivity contribution in [1.29, 1.82) is 0 Å². The van der Waals surface area contributed by atoms with Crippen LogP contribution in [0.3, 0.4) is 0 Å². The van der Waals surface area contributed by atoms with Crippen molar-refractivity contribution in [2.24, 2.45) is 0 Å². The lowest BCUT2D eigenvalue weighted by Crippen LogP contribution is -2.11. The predicted octanol–water partition coefficient (Wildman–Crippen LogP) is 2.63. The molecule has 0 saturated heterocycles. The molecule has 1 heterocycles. The lowest BCUT2D eigenvalue weighted by molar-refractivity contribution is 0.296. The SMILES string of the molecule is CCCc1nccn1CCOc1cccc(CNC)c1. The number of benzene rings is 1. The molecule has 0 saturated carbocycles. The zero-order valence-corrected chi connectivity index (χ0v) is 12.3. The van der Waals surface area contributed by atoms with Gasteiger partial charge < -0.3 is 14.6 Å². The van der Waals surface area contributed by atoms with Crippen molar-refractivity contribution in [3.8, 4) is 5.75 Å². The van der Waals surface area contributed by atoms with Gasteiger partial charge in [0.2, 0.25) is 0 Å². The number of nitrogens with zero attached hydrogens (tertiary/aromatic N) is 2. The van der Waals surface area contributed by atoms with Gasteiger partial charge in [0.1, 0.15) is 18.2 Å². The fourth-order valence-corrected chi connectivity index (χ4v) is 2.21. The summed E-state index contributed by atoms with van der Waals surface area (Å²) in [5.41, 5.74) is 1.24. The molecule has 2 aromatic rings. The van der Waals surface area contributed by atoms with E-state index in [0.29, 0.717) is 6.61 Å². The minimum absolute atomic E-state index is 0.663. The molecule has 0 bridgehead atoms. The van der Waals surface area contributed by atoms with Gasteiger partial charge >= 0.3 is 0 Å². The Balaban J connectivity index is 1.86. The van der Waals surface area contributed by atoms with Crippen LogP contribution in [0.2, 0.25) is 0 Å². The summed E-state index contributed by atoms with van der Waals surface area (Å²) in [5.74, 6) is 2.06. The van der Waals surface area contributed by atoms with E-state index in [1.54, 1.807) is 0 Å². The molecule has 4 nitrogen and oxygen atoms in total. The van der Waals surface area contributed by atoms with Crippen molar-refractivity contribution in [3.05, 3.63) is 48.0 Å². The largest absolute Gasteiger partial charge is 0.492 e. The summed E-state index contributed by atoms with van der Waals surface area (Å²) in [6.07, 6.45) is 6.01. The topological polar surface area (TPSA) is 39.1 Å². The van der Waals surface area contributed by atoms with Crippen LogP contribution in [0, 0.1) is 0 Å². The quantitative estimate of drug-likeness (QED) is 0.803. The second-order valence-electron chi connectivity index (χ2n) is 4.81. The molecule has 1 N–H and O–H groups in total. The normalized spacial score (nSPS) is 10.7. The van der Waals surface area contributed by atoms with Crippen LogP contribution in [0.5, 0.6) is 5.75 Å². The molecule has 0 amide bonds. The van der Waals surface area contributed by atoms with Gasteiger partial charge in [-0.25, -0.2) is 4.98 Å². The third-order valence-electron chi connectivity index (χ3n) is 3.16. The van der Waals surface area contributed by atoms with E-state index < -0.39 is 0 Å². The molecule has 0 radical (unpaired) electrons. The number of aromatic nitrogens is 2. The molecule has 0 spiro atoms. The first kappa shape index (κ1) is 14.6. The number of hydrogen-bond donors (Lipinski definition) is 1. The van der Waals surface area contributed by atoms with Crippen LogP contribution in [0.25, 0.3) is 0 Å². The first-order valence-corrected chi connectivity index (χ1v) is 7.20. The summed E-state index contributed by atoms with van der Waals surface area (Å²) in [4.78, 5) is 4.37. The number of ether oxygens (including phenoxy) is 1. The predicted molar refractivity (Wildman–Crippen MR) is 80.9 cm³/mol. The van der Waals surface area contributed by atoms with Crippen molar-refractivity contribution in [2.45, 2.75) is 32.9 Å². The van der Waals surface area contributed by atoms with Gasteiger partial charge in [0, 0.05) is 25.4 Å². The van der Waals surface area contributed by atoms with Crippen molar-refractivity contribution < 1.29 is 4.74 Å². The minimum atomic E-state index is 0.663. The summed E-state index contributed by atoms with van der Waals surface area (Å²) in [7, 11) is 1.95. The van der Waals surface area contributed by atoms with Crippen LogP contribution < -0.4 is 10.1 Å². The van der Waals surface area contributed by atoms with Crippen molar-refractivity contribution in [1.82, 2.24) is 14.9 Å². The van der Waals surface area contributed by atoms with Gasteiger partial charge in [0.25, 0.3) is 0 Å². The summed E-state index contributed by atoms with van der Waals surface area (Å²) in [5, 5.41) is 3.14. The Bertz CT molecular complexity index is 522. The molecule has 0 aliphatic rings. The standard InChI is InChI=1S/C16H23N3O/c1-3-5-16-18-8-9-19(16)10-11-20-15-7-4-6-14(12-15)13-17-2/h4,6-9,12,17H,3,5,10-11,13H2,1-2H3. The molecule has 4 heteroatoms. The zero-order chi connectivity index (χ0) is 14.2. The van der Waals surface area contributed by atoms with E-state index in [-0.39, 0.29) is 0 Å². The highest BCUT2D eigenvalue weighted by Crippen LogP contribution is 2.13. The maximum Gasteiger partial charge on any atom is 0.119 e. The van der Waals surface area contributed by atoms with Crippen LogP contribution in [-0.2, 0) is 19.5 Å². The molecule has 0 fully saturated rings. The second-order valence-corrected chi connectivity index (χ2v) is 4.81. The molecular formula is C16H23N3O. The summed E-state index contributed by atoms with van der Waals surface area (Å²) in [6.45, 7) is 4.53. The molecule has 0 aliphatic carbocycles.